The van der Waals surface area contributed by atoms with Crippen LogP contribution in [0.15, 0.2) is 113 Å². The number of ether oxygens (including phenoxy) is 13. The third-order valence-corrected chi connectivity index (χ3v) is 19.6. The number of carbonyl (C=O) groups is 9. The molecule has 32 nitrogen and oxygen atoms in total. The van der Waals surface area contributed by atoms with Crippen LogP contribution in [0.1, 0.15) is 102 Å². The Morgan fingerprint density at radius 1 is 0.574 bits per heavy atom. The fraction of sp³-hybridized carbons (Fsp3) is 0.482. The molecule has 115 heavy (non-hydrogen) atoms. The van der Waals surface area contributed by atoms with Crippen molar-refractivity contribution in [2.45, 2.75) is 110 Å². The molecular formula is C83H104N10O22. The first-order valence-corrected chi connectivity index (χ1v) is 38.6. The van der Waals surface area contributed by atoms with Crippen LogP contribution in [0.4, 0.5) is 27.5 Å². The quantitative estimate of drug-likeness (QED) is 0.0221. The molecule has 0 saturated carbocycles. The van der Waals surface area contributed by atoms with Crippen molar-refractivity contribution >= 4 is 88.5 Å². The summed E-state index contributed by atoms with van der Waals surface area (Å²) in [7, 11) is 4.58. The zero-order chi connectivity index (χ0) is 81.6. The topological polar surface area (TPSA) is 359 Å². The number of amides is 9. The summed E-state index contributed by atoms with van der Waals surface area (Å²) in [5.74, 6) is -1.84. The van der Waals surface area contributed by atoms with E-state index >= 15 is 0 Å². The Bertz CT molecular complexity index is 4270. The van der Waals surface area contributed by atoms with Crippen LogP contribution in [0.25, 0.3) is 0 Å². The van der Waals surface area contributed by atoms with Crippen molar-refractivity contribution in [3.63, 3.8) is 0 Å². The average molecular weight is 1590 g/mol. The number of methoxy groups -OCH3 is 2. The van der Waals surface area contributed by atoms with Crippen molar-refractivity contribution in [3.05, 3.63) is 142 Å². The second-order valence-corrected chi connectivity index (χ2v) is 28.3. The molecule has 5 aromatic rings. The van der Waals surface area contributed by atoms with Gasteiger partial charge in [0.25, 0.3) is 23.6 Å². The SMILES string of the molecule is COc1cc2c(cc1OCc1cc(COc3cc4c(cc3OC)C(=O)N3CCC[C@@]3(C)C=N4)cc(N(C)C(=O)OCc3ccc(NC(=O)[C@H](C)NC(=O)[C@@H](NC(=O)CCOCCOCCOCCOCCOCCOCCOCCOCCNC(=O)CCN4C(=O)C=CC4=O)C(C)C)cc3)c1)N=CC1Cc3ccccc3CN1C2=O. The molecule has 1 saturated heterocycles. The molecule has 5 heterocycles. The van der Waals surface area contributed by atoms with E-state index in [2.05, 4.69) is 27.3 Å². The number of fused-ring (bicyclic) bond motifs is 5. The Kier molecular flexibility index (Phi) is 32.9. The molecule has 0 radical (unpaired) electrons. The first-order chi connectivity index (χ1) is 55.7. The highest BCUT2D eigenvalue weighted by molar-refractivity contribution is 6.13. The van der Waals surface area contributed by atoms with E-state index in [1.165, 1.54) is 43.8 Å². The second kappa shape index (κ2) is 43.7. The van der Waals surface area contributed by atoms with Gasteiger partial charge in [0.2, 0.25) is 23.6 Å². The van der Waals surface area contributed by atoms with Crippen LogP contribution in [0.5, 0.6) is 23.0 Å². The normalized spacial score (nSPS) is 16.4. The van der Waals surface area contributed by atoms with Gasteiger partial charge >= 0.3 is 6.09 Å². The van der Waals surface area contributed by atoms with Gasteiger partial charge in [0.15, 0.2) is 23.0 Å². The van der Waals surface area contributed by atoms with E-state index in [4.69, 9.17) is 71.6 Å². The molecule has 4 atom stereocenters. The molecule has 5 aliphatic heterocycles. The monoisotopic (exact) mass is 1590 g/mol. The van der Waals surface area contributed by atoms with E-state index in [9.17, 15) is 43.2 Å². The molecule has 0 spiro atoms. The molecule has 1 fully saturated rings. The van der Waals surface area contributed by atoms with Gasteiger partial charge in [-0.25, -0.2) is 4.79 Å². The fourth-order valence-corrected chi connectivity index (χ4v) is 13.1. The third-order valence-electron chi connectivity index (χ3n) is 19.6. The molecule has 618 valence electrons. The first kappa shape index (κ1) is 86.7. The maximum atomic E-state index is 14.2. The summed E-state index contributed by atoms with van der Waals surface area (Å²) >= 11 is 0. The van der Waals surface area contributed by atoms with Crippen LogP contribution >= 0.6 is 0 Å². The molecule has 32 heteroatoms. The Morgan fingerprint density at radius 2 is 1.11 bits per heavy atom. The summed E-state index contributed by atoms with van der Waals surface area (Å²) in [6, 6.07) is 24.7. The number of imide groups is 1. The molecule has 1 unspecified atom stereocenters. The number of benzene rings is 5. The molecule has 10 rings (SSSR count). The van der Waals surface area contributed by atoms with Crippen molar-refractivity contribution < 1.29 is 105 Å². The average Bonchev–Trinajstić information content (AvgIpc) is 1.68. The third kappa shape index (κ3) is 25.1. The van der Waals surface area contributed by atoms with Gasteiger partial charge in [-0.2, -0.15) is 0 Å². The minimum atomic E-state index is -0.991. The van der Waals surface area contributed by atoms with Crippen molar-refractivity contribution in [3.8, 4) is 23.0 Å². The first-order valence-electron chi connectivity index (χ1n) is 38.6. The minimum Gasteiger partial charge on any atom is -0.493 e. The Morgan fingerprint density at radius 3 is 1.68 bits per heavy atom. The number of nitrogens with zero attached hydrogens (tertiary/aromatic N) is 6. The predicted molar refractivity (Wildman–Crippen MR) is 423 cm³/mol. The summed E-state index contributed by atoms with van der Waals surface area (Å²) < 4.78 is 74.6. The van der Waals surface area contributed by atoms with Crippen molar-refractivity contribution in [2.24, 2.45) is 15.9 Å². The van der Waals surface area contributed by atoms with E-state index in [1.807, 2.05) is 53.4 Å². The van der Waals surface area contributed by atoms with Gasteiger partial charge in [-0.05, 0) is 109 Å². The zero-order valence-corrected chi connectivity index (χ0v) is 66.2. The lowest BCUT2D eigenvalue weighted by atomic mass is 9.94. The van der Waals surface area contributed by atoms with Gasteiger partial charge < -0.3 is 92.6 Å². The van der Waals surface area contributed by atoms with Crippen molar-refractivity contribution in [1.29, 1.82) is 0 Å². The molecule has 4 N–H and O–H groups in total. The molecule has 0 bridgehead atoms. The summed E-state index contributed by atoms with van der Waals surface area (Å²) in [5, 5.41) is 10.9. The maximum absolute atomic E-state index is 14.2. The van der Waals surface area contributed by atoms with E-state index < -0.39 is 53.3 Å². The molecule has 9 amide bonds. The molecule has 5 aromatic carbocycles. The van der Waals surface area contributed by atoms with Crippen LogP contribution < -0.4 is 45.1 Å². The van der Waals surface area contributed by atoms with E-state index in [1.54, 1.807) is 81.6 Å². The van der Waals surface area contributed by atoms with Crippen LogP contribution in [-0.4, -0.2) is 251 Å². The number of nitrogens with one attached hydrogen (secondary N) is 4. The number of hydrogen-bond acceptors (Lipinski definition) is 24. The van der Waals surface area contributed by atoms with Crippen LogP contribution in [0.3, 0.4) is 0 Å². The standard InChI is InChI=1S/C83H104N10O22/c1-55(2)77(89-74(95)20-25-105-27-29-107-31-33-109-35-37-111-39-40-112-38-36-110-34-32-108-30-28-106-26-22-84-73(94)19-24-91-75(96)17-18-76(91)97)79(99)87-56(3)78(98)88-62-15-13-57(14-16-62)51-115-82(102)90(5)63-42-58(41-59(43-63)53-114-72-48-68-66(46-70(72)104-7)81(101)93-23-10-21-83(93,4)54-86-68)52-113-71-47-67-65(45-69(71)103-6)80(100)92-50-61-12-9-8-11-60(61)44-64(92)49-85-67/h8-9,11-18,41-43,45-49,54-56,64,77H,10,19-40,44,50-53H2,1-7H3,(H,84,94)(H,87,99)(H,88,98)(H,89,95)/t56-,64?,77-,83-/m0/s1. The Labute approximate surface area is 668 Å². The van der Waals surface area contributed by atoms with Gasteiger partial charge in [-0.1, -0.05) is 50.2 Å². The van der Waals surface area contributed by atoms with Gasteiger partial charge in [-0.3, -0.25) is 58.1 Å². The molecular weight excluding hydrogens is 1490 g/mol. The van der Waals surface area contributed by atoms with E-state index in [0.717, 1.165) is 23.3 Å². The molecule has 5 aliphatic rings. The summed E-state index contributed by atoms with van der Waals surface area (Å²) in [5.41, 5.74) is 6.14. The highest BCUT2D eigenvalue weighted by atomic mass is 16.6. The number of anilines is 2. The Balaban J connectivity index is 0.598. The number of aliphatic imine (C=N–C) groups is 2. The molecule has 0 aromatic heterocycles. The number of carbonyl (C=O) groups excluding carboxylic acids is 9. The predicted octanol–water partition coefficient (Wildman–Crippen LogP) is 7.17. The largest absolute Gasteiger partial charge is 0.493 e. The smallest absolute Gasteiger partial charge is 0.414 e. The second-order valence-electron chi connectivity index (χ2n) is 28.3. The lowest BCUT2D eigenvalue weighted by molar-refractivity contribution is -0.137. The van der Waals surface area contributed by atoms with Crippen molar-refractivity contribution in [1.82, 2.24) is 30.7 Å². The molecule has 0 aliphatic carbocycles. The zero-order valence-electron chi connectivity index (χ0n) is 66.2. The lowest BCUT2D eigenvalue weighted by Crippen LogP contribution is -2.53. The van der Waals surface area contributed by atoms with Crippen LogP contribution in [0, 0.1) is 5.92 Å². The Hall–Kier alpha value is -10.7. The maximum Gasteiger partial charge on any atom is 0.414 e. The minimum absolute atomic E-state index is 0.00918. The summed E-state index contributed by atoms with van der Waals surface area (Å²) in [6.45, 7) is 13.8. The van der Waals surface area contributed by atoms with Crippen molar-refractivity contribution in [2.75, 3.05) is 157 Å². The van der Waals surface area contributed by atoms with Crippen LogP contribution in [-0.2, 0) is 104 Å². The lowest BCUT2D eigenvalue weighted by Gasteiger charge is -2.34. The van der Waals surface area contributed by atoms with Gasteiger partial charge in [0.1, 0.15) is 31.9 Å². The highest BCUT2D eigenvalue weighted by Gasteiger charge is 2.42. The number of hydrogen-bond donors (Lipinski definition) is 4. The fourth-order valence-electron chi connectivity index (χ4n) is 13.1. The van der Waals surface area contributed by atoms with Gasteiger partial charge in [0.05, 0.1) is 154 Å². The highest BCUT2D eigenvalue weighted by Crippen LogP contribution is 2.42. The van der Waals surface area contributed by atoms with Gasteiger partial charge in [-0.15, -0.1) is 0 Å². The van der Waals surface area contributed by atoms with E-state index in [0.29, 0.717) is 186 Å². The number of rotatable bonds is 47. The van der Waals surface area contributed by atoms with Gasteiger partial charge in [0, 0.05) is 94.2 Å². The summed E-state index contributed by atoms with van der Waals surface area (Å²) in [4.78, 5) is 133. The van der Waals surface area contributed by atoms with Crippen LogP contribution in [0.2, 0.25) is 0 Å². The summed E-state index contributed by atoms with van der Waals surface area (Å²) in [6.07, 6.45) is 7.62. The van der Waals surface area contributed by atoms with E-state index in [-0.39, 0.29) is 88.7 Å².